The zero-order chi connectivity index (χ0) is 21.7. The van der Waals surface area contributed by atoms with E-state index in [1.54, 1.807) is 6.07 Å². The number of hydrogen-bond acceptors (Lipinski definition) is 7. The molecule has 1 aromatic heterocycles. The maximum Gasteiger partial charge on any atom is 0.260 e. The summed E-state index contributed by atoms with van der Waals surface area (Å²) in [6.45, 7) is -0.454. The van der Waals surface area contributed by atoms with E-state index in [4.69, 9.17) is 21.9 Å². The molecule has 3 rings (SSSR count). The molecule has 3 N–H and O–H groups in total. The van der Waals surface area contributed by atoms with Gasteiger partial charge >= 0.3 is 0 Å². The summed E-state index contributed by atoms with van der Waals surface area (Å²) in [4.78, 5) is 3.82. The Bertz CT molecular complexity index is 1060. The summed E-state index contributed by atoms with van der Waals surface area (Å²) in [6, 6.07) is 7.86. The Balaban J connectivity index is 0.000000253. The second-order valence-corrected chi connectivity index (χ2v) is 8.16. The van der Waals surface area contributed by atoms with E-state index in [9.17, 15) is 17.9 Å². The number of nitriles is 1. The van der Waals surface area contributed by atoms with Gasteiger partial charge in [-0.15, -0.1) is 6.42 Å². The smallest absolute Gasteiger partial charge is 0.260 e. The highest BCUT2D eigenvalue weighted by atomic mass is 32.2. The van der Waals surface area contributed by atoms with E-state index in [1.165, 1.54) is 30.5 Å². The molecule has 0 bridgehead atoms. The summed E-state index contributed by atoms with van der Waals surface area (Å²) in [5.74, 6) is 1.49. The monoisotopic (exact) mass is 419 g/mol. The van der Waals surface area contributed by atoms with Crippen molar-refractivity contribution in [3.05, 3.63) is 53.5 Å². The lowest BCUT2D eigenvalue weighted by molar-refractivity contribution is -0.000743. The van der Waals surface area contributed by atoms with E-state index in [1.807, 2.05) is 0 Å². The van der Waals surface area contributed by atoms with Crippen molar-refractivity contribution in [2.45, 2.75) is 17.0 Å². The Morgan fingerprint density at radius 3 is 2.55 bits per heavy atom. The third-order valence-electron chi connectivity index (χ3n) is 4.17. The minimum absolute atomic E-state index is 0.0576. The molecule has 0 aliphatic carbocycles. The molecule has 1 fully saturated rings. The highest BCUT2D eigenvalue weighted by Crippen LogP contribution is 2.26. The fraction of sp³-hybridized carbons (Fsp3) is 0.263. The zero-order valence-electron chi connectivity index (χ0n) is 15.2. The van der Waals surface area contributed by atoms with Crippen molar-refractivity contribution in [1.29, 1.82) is 5.26 Å². The predicted molar refractivity (Wildman–Crippen MR) is 100 cm³/mol. The number of aliphatic hydroxyl groups excluding tert-OH is 1. The summed E-state index contributed by atoms with van der Waals surface area (Å²) >= 11 is 0. The van der Waals surface area contributed by atoms with Gasteiger partial charge in [-0.2, -0.15) is 9.57 Å². The average Bonchev–Trinajstić information content (AvgIpc) is 3.12. The van der Waals surface area contributed by atoms with Crippen LogP contribution in [0.4, 0.5) is 4.39 Å². The second-order valence-electron chi connectivity index (χ2n) is 6.28. The molecular formula is C19H18FN3O5S. The number of nitrogens with zero attached hydrogens (tertiary/aromatic N) is 3. The fourth-order valence-corrected chi connectivity index (χ4v) is 3.93. The Hall–Kier alpha value is -3.02. The summed E-state index contributed by atoms with van der Waals surface area (Å²) in [6.07, 6.45) is 6.68. The molecule has 1 unspecified atom stereocenters. The van der Waals surface area contributed by atoms with Crippen molar-refractivity contribution in [1.82, 2.24) is 9.29 Å². The molecule has 0 spiro atoms. The zero-order valence-corrected chi connectivity index (χ0v) is 16.0. The van der Waals surface area contributed by atoms with E-state index < -0.39 is 28.0 Å². The third-order valence-corrected chi connectivity index (χ3v) is 5.93. The number of halogens is 1. The van der Waals surface area contributed by atoms with Crippen molar-refractivity contribution >= 4 is 10.0 Å². The Labute approximate surface area is 167 Å². The number of pyridine rings is 1. The molecule has 1 atom stereocenters. The number of aliphatic hydroxyl groups is 2. The van der Waals surface area contributed by atoms with Crippen LogP contribution in [0, 0.1) is 29.5 Å². The van der Waals surface area contributed by atoms with Crippen LogP contribution in [0.1, 0.15) is 17.5 Å². The number of rotatable bonds is 3. The number of β-amino-alcohol motifs (C(OH)–C–C–N with tert-alkyl or cyclic N) is 1. The van der Waals surface area contributed by atoms with E-state index in [0.29, 0.717) is 5.56 Å². The molecule has 0 amide bonds. The maximum atomic E-state index is 12.5. The number of phenols is 1. The maximum absolute atomic E-state index is 12.5. The number of hydrogen-bond donors (Lipinski definition) is 3. The van der Waals surface area contributed by atoms with Crippen molar-refractivity contribution < 1.29 is 28.1 Å². The largest absolute Gasteiger partial charge is 0.508 e. The first-order valence-corrected chi connectivity index (χ1v) is 9.74. The van der Waals surface area contributed by atoms with E-state index in [2.05, 4.69) is 10.9 Å². The molecule has 1 saturated heterocycles. The summed E-state index contributed by atoms with van der Waals surface area (Å²) in [5.41, 5.74) is -0.934. The predicted octanol–water partition coefficient (Wildman–Crippen LogP) is 0.584. The molecule has 10 heteroatoms. The van der Waals surface area contributed by atoms with Crippen molar-refractivity contribution in [3.8, 4) is 24.2 Å². The first-order valence-electron chi connectivity index (χ1n) is 8.30. The number of benzene rings is 1. The lowest BCUT2D eigenvalue weighted by Crippen LogP contribution is -2.38. The number of phenolic OH excluding ortho intramolecular Hbond substituents is 1. The van der Waals surface area contributed by atoms with Gasteiger partial charge in [0, 0.05) is 30.9 Å². The summed E-state index contributed by atoms with van der Waals surface area (Å²) in [7, 11) is -3.76. The molecule has 0 radical (unpaired) electrons. The lowest BCUT2D eigenvalue weighted by atomic mass is 10.1. The van der Waals surface area contributed by atoms with Crippen LogP contribution in [-0.4, -0.2) is 58.3 Å². The van der Waals surface area contributed by atoms with Crippen LogP contribution in [0.3, 0.4) is 0 Å². The quantitative estimate of drug-likeness (QED) is 0.620. The normalized spacial score (nSPS) is 18.9. The van der Waals surface area contributed by atoms with Gasteiger partial charge in [-0.25, -0.2) is 17.8 Å². The highest BCUT2D eigenvalue weighted by molar-refractivity contribution is 7.89. The first kappa shape index (κ1) is 22.3. The number of terminal acetylenes is 1. The first-order chi connectivity index (χ1) is 13.6. The van der Waals surface area contributed by atoms with Gasteiger partial charge < -0.3 is 15.3 Å². The Morgan fingerprint density at radius 2 is 2.07 bits per heavy atom. The Kier molecular flexibility index (Phi) is 6.90. The van der Waals surface area contributed by atoms with Gasteiger partial charge in [0.25, 0.3) is 10.0 Å². The molecule has 2 heterocycles. The van der Waals surface area contributed by atoms with Crippen LogP contribution in [-0.2, 0) is 10.0 Å². The van der Waals surface area contributed by atoms with E-state index in [0.717, 1.165) is 10.4 Å². The summed E-state index contributed by atoms with van der Waals surface area (Å²) in [5, 5.41) is 35.7. The van der Waals surface area contributed by atoms with Crippen LogP contribution >= 0.6 is 0 Å². The van der Waals surface area contributed by atoms with Gasteiger partial charge in [0.1, 0.15) is 23.2 Å². The molecule has 0 saturated carbocycles. The van der Waals surface area contributed by atoms with Gasteiger partial charge in [0.05, 0.1) is 12.2 Å². The van der Waals surface area contributed by atoms with E-state index in [-0.39, 0.29) is 35.8 Å². The SMILES string of the molecule is C#Cc1ccc(S(=O)(=O)N2CCC(O)(CO)C2)nc1.N#Cc1ccc(O)cc1F. The van der Waals surface area contributed by atoms with Crippen molar-refractivity contribution in [2.24, 2.45) is 0 Å². The molecule has 2 aromatic rings. The van der Waals surface area contributed by atoms with Gasteiger partial charge in [-0.1, -0.05) is 5.92 Å². The van der Waals surface area contributed by atoms with Crippen molar-refractivity contribution in [3.63, 3.8) is 0 Å². The van der Waals surface area contributed by atoms with Crippen LogP contribution in [0.25, 0.3) is 0 Å². The molecule has 1 aliphatic heterocycles. The van der Waals surface area contributed by atoms with E-state index >= 15 is 0 Å². The molecule has 1 aromatic carbocycles. The van der Waals surface area contributed by atoms with Gasteiger partial charge in [-0.3, -0.25) is 0 Å². The Morgan fingerprint density at radius 1 is 1.34 bits per heavy atom. The van der Waals surface area contributed by atoms with Gasteiger partial charge in [0.15, 0.2) is 5.03 Å². The number of sulfonamides is 1. The van der Waals surface area contributed by atoms with Crippen LogP contribution in [0.5, 0.6) is 5.75 Å². The second kappa shape index (κ2) is 8.99. The molecule has 1 aliphatic rings. The van der Waals surface area contributed by atoms with Crippen LogP contribution in [0.15, 0.2) is 41.6 Å². The highest BCUT2D eigenvalue weighted by Gasteiger charge is 2.41. The average molecular weight is 419 g/mol. The molecular weight excluding hydrogens is 401 g/mol. The van der Waals surface area contributed by atoms with Crippen LogP contribution < -0.4 is 0 Å². The third kappa shape index (κ3) is 5.28. The summed E-state index contributed by atoms with van der Waals surface area (Å²) < 4.78 is 38.1. The standard InChI is InChI=1S/C12H14N2O4S.C7H4FNO/c1-2-10-3-4-11(13-7-10)19(17,18)14-6-5-12(16,8-14)9-15;8-7-3-6(10)2-1-5(7)4-9/h1,3-4,7,15-16H,5-6,8-9H2;1-3,10H. The van der Waals surface area contributed by atoms with Gasteiger partial charge in [0.2, 0.25) is 0 Å². The molecule has 8 nitrogen and oxygen atoms in total. The topological polar surface area (TPSA) is 135 Å². The minimum Gasteiger partial charge on any atom is -0.508 e. The molecule has 152 valence electrons. The van der Waals surface area contributed by atoms with Crippen molar-refractivity contribution in [2.75, 3.05) is 19.7 Å². The van der Waals surface area contributed by atoms with Crippen LogP contribution in [0.2, 0.25) is 0 Å². The molecule has 29 heavy (non-hydrogen) atoms. The lowest BCUT2D eigenvalue weighted by Gasteiger charge is -2.20. The fourth-order valence-electron chi connectivity index (χ4n) is 2.50. The number of aromatic hydroxyl groups is 1. The number of aromatic nitrogens is 1. The minimum atomic E-state index is -3.76. The van der Waals surface area contributed by atoms with Gasteiger partial charge in [-0.05, 0) is 30.7 Å².